The molecule has 1 aliphatic carbocycles. The quantitative estimate of drug-likeness (QED) is 0.538. The van der Waals surface area contributed by atoms with E-state index in [2.05, 4.69) is 71.7 Å². The largest absolute Gasteiger partial charge is 0.312 e. The van der Waals surface area contributed by atoms with Crippen molar-refractivity contribution in [1.29, 1.82) is 0 Å². The Hall–Kier alpha value is -1.64. The number of hydrogen-bond donors (Lipinski definition) is 1. The molecule has 1 N–H and O–H groups in total. The molecule has 2 nitrogen and oxygen atoms in total. The fourth-order valence-electron chi connectivity index (χ4n) is 5.22. The first-order valence-electron chi connectivity index (χ1n) is 12.9. The van der Waals surface area contributed by atoms with Crippen LogP contribution < -0.4 is 5.32 Å². The molecule has 0 radical (unpaired) electrons. The fourth-order valence-corrected chi connectivity index (χ4v) is 5.22. The molecule has 4 rings (SSSR count). The summed E-state index contributed by atoms with van der Waals surface area (Å²) in [4.78, 5) is 2.66. The third kappa shape index (κ3) is 7.19. The topological polar surface area (TPSA) is 15.3 Å². The van der Waals surface area contributed by atoms with Crippen molar-refractivity contribution < 1.29 is 0 Å². The maximum atomic E-state index is 3.91. The second kappa shape index (κ2) is 14.4. The van der Waals surface area contributed by atoms with Gasteiger partial charge in [0.05, 0.1) is 0 Å². The molecule has 2 atom stereocenters. The fraction of sp³-hybridized carbons (Fsp3) is 0.586. The van der Waals surface area contributed by atoms with Gasteiger partial charge in [-0.15, -0.1) is 0 Å². The average Bonchev–Trinajstić information content (AvgIpc) is 2.87. The normalized spacial score (nSPS) is 21.2. The van der Waals surface area contributed by atoms with Crippen molar-refractivity contribution in [3.63, 3.8) is 0 Å². The van der Waals surface area contributed by atoms with Crippen LogP contribution in [-0.4, -0.2) is 37.1 Å². The number of rotatable bonds is 6. The van der Waals surface area contributed by atoms with Crippen LogP contribution in [0.4, 0.5) is 0 Å². The van der Waals surface area contributed by atoms with Gasteiger partial charge in [-0.2, -0.15) is 0 Å². The molecule has 1 heterocycles. The number of hydrogen-bond acceptors (Lipinski definition) is 2. The predicted octanol–water partition coefficient (Wildman–Crippen LogP) is 7.02. The van der Waals surface area contributed by atoms with E-state index in [1.54, 1.807) is 11.1 Å². The highest BCUT2D eigenvalue weighted by atomic mass is 15.1. The number of piperidine rings is 1. The average molecular weight is 423 g/mol. The van der Waals surface area contributed by atoms with Crippen LogP contribution in [0.15, 0.2) is 54.6 Å². The summed E-state index contributed by atoms with van der Waals surface area (Å²) in [5.74, 6) is 1.44. The molecule has 2 aromatic carbocycles. The number of nitrogens with zero attached hydrogens (tertiary/aromatic N) is 1. The van der Waals surface area contributed by atoms with Gasteiger partial charge in [0, 0.05) is 19.1 Å². The summed E-state index contributed by atoms with van der Waals surface area (Å²) >= 11 is 0. The first kappa shape index (κ1) is 25.6. The smallest absolute Gasteiger partial charge is 0.0139 e. The highest BCUT2D eigenvalue weighted by Gasteiger charge is 2.28. The zero-order chi connectivity index (χ0) is 22.5. The van der Waals surface area contributed by atoms with Crippen molar-refractivity contribution >= 4 is 0 Å². The van der Waals surface area contributed by atoms with E-state index in [1.807, 2.05) is 27.7 Å². The standard InChI is InChI=1S/C25H34N2.2C2H6/c1-2-23-24-11-7-6-10-22(24)12-13-25(23)26-16-19-27-17-14-21(15-18-27)20-8-4-3-5-9-20;2*1-2/h3-11,21,23,25-26H,2,12-19H2,1H3;2*1-2H3. The first-order chi connectivity index (χ1) is 15.3. The van der Waals surface area contributed by atoms with Gasteiger partial charge in [-0.1, -0.05) is 89.2 Å². The predicted molar refractivity (Wildman–Crippen MR) is 137 cm³/mol. The van der Waals surface area contributed by atoms with Crippen molar-refractivity contribution in [3.05, 3.63) is 71.3 Å². The SMILES string of the molecule is CC.CC.CCC1c2ccccc2CCC1NCCN1CCC(c2ccccc2)CC1. The van der Waals surface area contributed by atoms with E-state index < -0.39 is 0 Å². The van der Waals surface area contributed by atoms with E-state index in [0.717, 1.165) is 12.5 Å². The molecule has 172 valence electrons. The number of aryl methyl sites for hydroxylation is 1. The minimum Gasteiger partial charge on any atom is -0.312 e. The highest BCUT2D eigenvalue weighted by molar-refractivity contribution is 5.34. The van der Waals surface area contributed by atoms with Crippen LogP contribution in [0.1, 0.15) is 88.8 Å². The third-order valence-corrected chi connectivity index (χ3v) is 6.80. The Morgan fingerprint density at radius 3 is 2.16 bits per heavy atom. The van der Waals surface area contributed by atoms with Gasteiger partial charge in [0.2, 0.25) is 0 Å². The molecular weight excluding hydrogens is 376 g/mol. The van der Waals surface area contributed by atoms with Gasteiger partial charge in [-0.3, -0.25) is 0 Å². The number of fused-ring (bicyclic) bond motifs is 1. The molecule has 1 fully saturated rings. The van der Waals surface area contributed by atoms with Gasteiger partial charge >= 0.3 is 0 Å². The van der Waals surface area contributed by atoms with Gasteiger partial charge in [0.25, 0.3) is 0 Å². The van der Waals surface area contributed by atoms with E-state index >= 15 is 0 Å². The van der Waals surface area contributed by atoms with Crippen molar-refractivity contribution in [2.45, 2.75) is 84.6 Å². The molecule has 0 saturated carbocycles. The lowest BCUT2D eigenvalue weighted by Crippen LogP contribution is -2.43. The van der Waals surface area contributed by atoms with Crippen molar-refractivity contribution in [2.24, 2.45) is 0 Å². The van der Waals surface area contributed by atoms with Gasteiger partial charge in [0.15, 0.2) is 0 Å². The van der Waals surface area contributed by atoms with Crippen molar-refractivity contribution in [3.8, 4) is 0 Å². The molecule has 2 unspecified atom stereocenters. The molecule has 2 aromatic rings. The lowest BCUT2D eigenvalue weighted by Gasteiger charge is -2.36. The van der Waals surface area contributed by atoms with Gasteiger partial charge in [0.1, 0.15) is 0 Å². The number of benzene rings is 2. The molecule has 0 amide bonds. The molecular formula is C29H46N2. The van der Waals surface area contributed by atoms with E-state index in [9.17, 15) is 0 Å². The second-order valence-corrected chi connectivity index (χ2v) is 8.34. The van der Waals surface area contributed by atoms with Crippen LogP contribution in [0.2, 0.25) is 0 Å². The molecule has 0 bridgehead atoms. The van der Waals surface area contributed by atoms with Crippen molar-refractivity contribution in [2.75, 3.05) is 26.2 Å². The van der Waals surface area contributed by atoms with Crippen LogP contribution >= 0.6 is 0 Å². The van der Waals surface area contributed by atoms with Crippen LogP contribution in [0, 0.1) is 0 Å². The lowest BCUT2D eigenvalue weighted by molar-refractivity contribution is 0.207. The Morgan fingerprint density at radius 2 is 1.48 bits per heavy atom. The molecule has 31 heavy (non-hydrogen) atoms. The minimum absolute atomic E-state index is 0.645. The first-order valence-corrected chi connectivity index (χ1v) is 12.9. The Balaban J connectivity index is 0.000000807. The maximum Gasteiger partial charge on any atom is 0.0139 e. The minimum atomic E-state index is 0.645. The summed E-state index contributed by atoms with van der Waals surface area (Å²) in [7, 11) is 0. The Labute approximate surface area is 192 Å². The Bertz CT molecular complexity index is 704. The van der Waals surface area contributed by atoms with Gasteiger partial charge in [-0.25, -0.2) is 0 Å². The maximum absolute atomic E-state index is 3.91. The van der Waals surface area contributed by atoms with Crippen LogP contribution in [-0.2, 0) is 6.42 Å². The molecule has 1 saturated heterocycles. The number of nitrogens with one attached hydrogen (secondary N) is 1. The Morgan fingerprint density at radius 1 is 0.839 bits per heavy atom. The molecule has 0 aromatic heterocycles. The number of likely N-dealkylation sites (tertiary alicyclic amines) is 1. The third-order valence-electron chi connectivity index (χ3n) is 6.80. The summed E-state index contributed by atoms with van der Waals surface area (Å²) < 4.78 is 0. The zero-order valence-electron chi connectivity index (χ0n) is 20.7. The van der Waals surface area contributed by atoms with Crippen LogP contribution in [0.5, 0.6) is 0 Å². The summed E-state index contributed by atoms with van der Waals surface area (Å²) in [6.45, 7) is 15.1. The van der Waals surface area contributed by atoms with Gasteiger partial charge in [-0.05, 0) is 73.7 Å². The van der Waals surface area contributed by atoms with Crippen LogP contribution in [0.25, 0.3) is 0 Å². The summed E-state index contributed by atoms with van der Waals surface area (Å²) in [6.07, 6.45) is 6.35. The van der Waals surface area contributed by atoms with E-state index in [1.165, 1.54) is 57.3 Å². The van der Waals surface area contributed by atoms with Crippen molar-refractivity contribution in [1.82, 2.24) is 10.2 Å². The summed E-state index contributed by atoms with van der Waals surface area (Å²) in [6, 6.07) is 20.8. The van der Waals surface area contributed by atoms with E-state index in [0.29, 0.717) is 12.0 Å². The molecule has 1 aliphatic heterocycles. The summed E-state index contributed by atoms with van der Waals surface area (Å²) in [5, 5.41) is 3.91. The lowest BCUT2D eigenvalue weighted by atomic mass is 9.78. The second-order valence-electron chi connectivity index (χ2n) is 8.34. The monoisotopic (exact) mass is 422 g/mol. The molecule has 2 aliphatic rings. The van der Waals surface area contributed by atoms with E-state index in [-0.39, 0.29) is 0 Å². The Kier molecular flexibility index (Phi) is 11.9. The molecule has 0 spiro atoms. The molecule has 2 heteroatoms. The summed E-state index contributed by atoms with van der Waals surface area (Å²) in [5.41, 5.74) is 4.69. The van der Waals surface area contributed by atoms with Crippen LogP contribution in [0.3, 0.4) is 0 Å². The van der Waals surface area contributed by atoms with E-state index in [4.69, 9.17) is 0 Å². The zero-order valence-corrected chi connectivity index (χ0v) is 20.7. The van der Waals surface area contributed by atoms with Gasteiger partial charge < -0.3 is 10.2 Å². The highest BCUT2D eigenvalue weighted by Crippen LogP contribution is 2.34.